The lowest BCUT2D eigenvalue weighted by atomic mass is 10.2. The molecule has 0 aromatic carbocycles. The zero-order chi connectivity index (χ0) is 14.5. The Kier molecular flexibility index (Phi) is 5.20. The van der Waals surface area contributed by atoms with Gasteiger partial charge in [-0.05, 0) is 45.2 Å². The number of carbonyl (C=O) groups is 1. The number of nitrogens with one attached hydrogen (secondary N) is 1. The normalized spacial score (nSPS) is 10.4. The Morgan fingerprint density at radius 3 is 2.79 bits per heavy atom. The molecular formula is C14H17ClN2O2. The number of rotatable bonds is 1. The fraction of sp³-hybridized carbons (Fsp3) is 0.429. The molecule has 0 fully saturated rings. The number of amides is 1. The Labute approximate surface area is 118 Å². The summed E-state index contributed by atoms with van der Waals surface area (Å²) in [6.07, 6.45) is 1.06. The van der Waals surface area contributed by atoms with E-state index >= 15 is 0 Å². The van der Waals surface area contributed by atoms with Gasteiger partial charge in [-0.1, -0.05) is 17.5 Å². The summed E-state index contributed by atoms with van der Waals surface area (Å²) in [6, 6.07) is 1.79. The van der Waals surface area contributed by atoms with Crippen LogP contribution in [0.4, 0.5) is 4.79 Å². The molecule has 1 rings (SSSR count). The van der Waals surface area contributed by atoms with Crippen molar-refractivity contribution in [1.29, 1.82) is 0 Å². The Bertz CT molecular complexity index is 524. The summed E-state index contributed by atoms with van der Waals surface area (Å²) in [4.78, 5) is 15.5. The van der Waals surface area contributed by atoms with Crippen LogP contribution >= 0.6 is 11.6 Å². The van der Waals surface area contributed by atoms with Gasteiger partial charge in [0.15, 0.2) is 0 Å². The molecule has 5 heteroatoms. The van der Waals surface area contributed by atoms with Crippen LogP contribution < -0.4 is 5.32 Å². The van der Waals surface area contributed by atoms with Crippen molar-refractivity contribution in [2.24, 2.45) is 0 Å². The first-order valence-electron chi connectivity index (χ1n) is 5.86. The molecule has 0 aliphatic heterocycles. The summed E-state index contributed by atoms with van der Waals surface area (Å²) in [5, 5.41) is 3.13. The van der Waals surface area contributed by atoms with Crippen LogP contribution in [0.3, 0.4) is 0 Å². The van der Waals surface area contributed by atoms with Crippen LogP contribution in [0, 0.1) is 18.8 Å². The minimum atomic E-state index is -0.508. The van der Waals surface area contributed by atoms with Crippen LogP contribution in [0.5, 0.6) is 0 Å². The van der Waals surface area contributed by atoms with Crippen molar-refractivity contribution in [3.8, 4) is 11.8 Å². The second kappa shape index (κ2) is 6.44. The number of carbonyl (C=O) groups excluding carboxylic acids is 1. The van der Waals surface area contributed by atoms with Crippen molar-refractivity contribution in [1.82, 2.24) is 10.3 Å². The summed E-state index contributed by atoms with van der Waals surface area (Å²) in [5.41, 5.74) is 1.04. The Balaban J connectivity index is 2.50. The zero-order valence-corrected chi connectivity index (χ0v) is 12.3. The first-order chi connectivity index (χ1) is 8.78. The molecule has 19 heavy (non-hydrogen) atoms. The molecule has 1 heterocycles. The molecule has 0 radical (unpaired) electrons. The highest BCUT2D eigenvalue weighted by molar-refractivity contribution is 6.30. The van der Waals surface area contributed by atoms with Crippen LogP contribution in [0.2, 0.25) is 5.02 Å². The van der Waals surface area contributed by atoms with E-state index in [4.69, 9.17) is 16.3 Å². The highest BCUT2D eigenvalue weighted by Crippen LogP contribution is 2.10. The summed E-state index contributed by atoms with van der Waals surface area (Å²) >= 11 is 5.80. The van der Waals surface area contributed by atoms with Gasteiger partial charge < -0.3 is 10.1 Å². The van der Waals surface area contributed by atoms with E-state index in [0.29, 0.717) is 10.7 Å². The zero-order valence-electron chi connectivity index (χ0n) is 11.5. The second-order valence-electron chi connectivity index (χ2n) is 4.98. The van der Waals surface area contributed by atoms with Gasteiger partial charge in [-0.15, -0.1) is 0 Å². The van der Waals surface area contributed by atoms with Crippen LogP contribution in [0.15, 0.2) is 12.3 Å². The van der Waals surface area contributed by atoms with Crippen LogP contribution in [-0.2, 0) is 4.74 Å². The van der Waals surface area contributed by atoms with Crippen LogP contribution in [0.1, 0.15) is 32.0 Å². The predicted octanol–water partition coefficient (Wildman–Crippen LogP) is 2.92. The molecule has 0 saturated carbocycles. The minimum absolute atomic E-state index is 0.207. The predicted molar refractivity (Wildman–Crippen MR) is 75.1 cm³/mol. The number of hydrogen-bond donors (Lipinski definition) is 1. The number of pyridine rings is 1. The highest BCUT2D eigenvalue weighted by atomic mass is 35.5. The molecule has 0 aliphatic carbocycles. The molecule has 0 unspecified atom stereocenters. The highest BCUT2D eigenvalue weighted by Gasteiger charge is 2.14. The fourth-order valence-electron chi connectivity index (χ4n) is 1.23. The van der Waals surface area contributed by atoms with Crippen molar-refractivity contribution in [2.45, 2.75) is 33.3 Å². The average molecular weight is 281 g/mol. The standard InChI is InChI=1S/C14H17ClN2O2/c1-10-8-11(15)9-17-12(10)6-5-7-16-13(18)19-14(2,3)4/h8-9H,7H2,1-4H3,(H,16,18). The van der Waals surface area contributed by atoms with Gasteiger partial charge in [0.1, 0.15) is 11.3 Å². The Morgan fingerprint density at radius 1 is 1.53 bits per heavy atom. The number of hydrogen-bond acceptors (Lipinski definition) is 3. The van der Waals surface area contributed by atoms with Crippen molar-refractivity contribution < 1.29 is 9.53 Å². The molecule has 1 N–H and O–H groups in total. The third kappa shape index (κ3) is 6.12. The van der Waals surface area contributed by atoms with Gasteiger partial charge in [0.05, 0.1) is 11.6 Å². The number of ether oxygens (including phenoxy) is 1. The number of nitrogens with zero attached hydrogens (tertiary/aromatic N) is 1. The molecule has 1 amide bonds. The van der Waals surface area contributed by atoms with Gasteiger partial charge in [-0.25, -0.2) is 9.78 Å². The molecule has 0 aliphatic rings. The quantitative estimate of drug-likeness (QED) is 0.805. The van der Waals surface area contributed by atoms with Crippen molar-refractivity contribution in [3.63, 3.8) is 0 Å². The van der Waals surface area contributed by atoms with Gasteiger partial charge in [0, 0.05) is 6.20 Å². The summed E-state index contributed by atoms with van der Waals surface area (Å²) < 4.78 is 5.08. The van der Waals surface area contributed by atoms with E-state index in [-0.39, 0.29) is 6.54 Å². The Hall–Kier alpha value is -1.73. The average Bonchev–Trinajstić information content (AvgIpc) is 2.24. The third-order valence-electron chi connectivity index (χ3n) is 1.97. The number of alkyl carbamates (subject to hydrolysis) is 1. The van der Waals surface area contributed by atoms with Gasteiger partial charge in [0.2, 0.25) is 0 Å². The first kappa shape index (κ1) is 15.3. The summed E-state index contributed by atoms with van der Waals surface area (Å²) in [5.74, 6) is 5.68. The van der Waals surface area contributed by atoms with E-state index in [1.165, 1.54) is 0 Å². The van der Waals surface area contributed by atoms with Gasteiger partial charge in [-0.3, -0.25) is 0 Å². The van der Waals surface area contributed by atoms with Crippen molar-refractivity contribution in [3.05, 3.63) is 28.5 Å². The Morgan fingerprint density at radius 2 is 2.21 bits per heavy atom. The lowest BCUT2D eigenvalue weighted by molar-refractivity contribution is 0.0535. The smallest absolute Gasteiger partial charge is 0.408 e. The topological polar surface area (TPSA) is 51.2 Å². The maximum atomic E-state index is 11.3. The molecule has 1 aromatic heterocycles. The summed E-state index contributed by atoms with van der Waals surface area (Å²) in [7, 11) is 0. The maximum absolute atomic E-state index is 11.3. The summed E-state index contributed by atoms with van der Waals surface area (Å²) in [6.45, 7) is 7.50. The first-order valence-corrected chi connectivity index (χ1v) is 6.23. The van der Waals surface area contributed by atoms with E-state index in [2.05, 4.69) is 22.1 Å². The van der Waals surface area contributed by atoms with E-state index in [1.807, 2.05) is 6.92 Å². The minimum Gasteiger partial charge on any atom is -0.444 e. The molecule has 1 aromatic rings. The van der Waals surface area contributed by atoms with E-state index in [1.54, 1.807) is 33.0 Å². The van der Waals surface area contributed by atoms with Crippen molar-refractivity contribution in [2.75, 3.05) is 6.54 Å². The van der Waals surface area contributed by atoms with Gasteiger partial charge in [-0.2, -0.15) is 0 Å². The number of halogens is 1. The fourth-order valence-corrected chi connectivity index (χ4v) is 1.44. The van der Waals surface area contributed by atoms with Crippen LogP contribution in [0.25, 0.3) is 0 Å². The lowest BCUT2D eigenvalue weighted by Crippen LogP contribution is -2.32. The largest absolute Gasteiger partial charge is 0.444 e. The molecule has 0 atom stereocenters. The molecule has 4 nitrogen and oxygen atoms in total. The molecule has 0 bridgehead atoms. The van der Waals surface area contributed by atoms with Gasteiger partial charge >= 0.3 is 6.09 Å². The van der Waals surface area contributed by atoms with Crippen molar-refractivity contribution >= 4 is 17.7 Å². The second-order valence-corrected chi connectivity index (χ2v) is 5.41. The van der Waals surface area contributed by atoms with E-state index in [0.717, 1.165) is 5.56 Å². The molecule has 0 spiro atoms. The van der Waals surface area contributed by atoms with E-state index < -0.39 is 11.7 Å². The lowest BCUT2D eigenvalue weighted by Gasteiger charge is -2.18. The van der Waals surface area contributed by atoms with Crippen LogP contribution in [-0.4, -0.2) is 23.2 Å². The molecule has 102 valence electrons. The third-order valence-corrected chi connectivity index (χ3v) is 2.18. The molecule has 0 saturated heterocycles. The SMILES string of the molecule is Cc1cc(Cl)cnc1C#CCNC(=O)OC(C)(C)C. The monoisotopic (exact) mass is 280 g/mol. The number of aryl methyl sites for hydroxylation is 1. The maximum Gasteiger partial charge on any atom is 0.408 e. The van der Waals surface area contributed by atoms with Gasteiger partial charge in [0.25, 0.3) is 0 Å². The van der Waals surface area contributed by atoms with E-state index in [9.17, 15) is 4.79 Å². The molecular weight excluding hydrogens is 264 g/mol. The number of aromatic nitrogens is 1.